The van der Waals surface area contributed by atoms with Crippen LogP contribution in [0.5, 0.6) is 0 Å². The number of aliphatic hydroxyl groups is 1. The first-order valence-corrected chi connectivity index (χ1v) is 9.13. The number of hydrogen-bond donors (Lipinski definition) is 2. The largest absolute Gasteiger partial charge is 0.459 e. The van der Waals surface area contributed by atoms with Gasteiger partial charge in [-0.15, -0.1) is 0 Å². The standard InChI is InChI=1S/C20H27NO4/c1-14-10-18(20(23)21-17-4-2-3-5-17)25-19(11-14)24-13-16-8-6-15(12-22)7-9-16/h6-10,14,17,19,22H,2-5,11-13H2,1H3,(H,21,23)/t14-,19+/m0/s1. The molecule has 5 nitrogen and oxygen atoms in total. The van der Waals surface area contributed by atoms with Gasteiger partial charge in [0.15, 0.2) is 5.76 Å². The number of hydrogen-bond acceptors (Lipinski definition) is 4. The number of rotatable bonds is 6. The number of ether oxygens (including phenoxy) is 2. The Morgan fingerprint density at radius 3 is 2.60 bits per heavy atom. The normalized spacial score (nSPS) is 23.8. The zero-order valence-corrected chi connectivity index (χ0v) is 14.7. The van der Waals surface area contributed by atoms with Crippen molar-refractivity contribution >= 4 is 5.91 Å². The second-order valence-electron chi connectivity index (χ2n) is 7.03. The van der Waals surface area contributed by atoms with Gasteiger partial charge in [0.25, 0.3) is 5.91 Å². The number of benzene rings is 1. The predicted octanol–water partition coefficient (Wildman–Crippen LogP) is 3.02. The molecule has 136 valence electrons. The van der Waals surface area contributed by atoms with Crippen molar-refractivity contribution in [2.24, 2.45) is 5.92 Å². The topological polar surface area (TPSA) is 67.8 Å². The fourth-order valence-corrected chi connectivity index (χ4v) is 3.35. The summed E-state index contributed by atoms with van der Waals surface area (Å²) in [6.45, 7) is 2.52. The summed E-state index contributed by atoms with van der Waals surface area (Å²) >= 11 is 0. The lowest BCUT2D eigenvalue weighted by Crippen LogP contribution is -2.37. The molecule has 5 heteroatoms. The molecule has 0 spiro atoms. The Morgan fingerprint density at radius 1 is 1.24 bits per heavy atom. The summed E-state index contributed by atoms with van der Waals surface area (Å²) < 4.78 is 11.6. The fraction of sp³-hybridized carbons (Fsp3) is 0.550. The first kappa shape index (κ1) is 18.0. The second kappa shape index (κ2) is 8.50. The predicted molar refractivity (Wildman–Crippen MR) is 94.3 cm³/mol. The molecule has 0 saturated heterocycles. The highest BCUT2D eigenvalue weighted by Crippen LogP contribution is 2.25. The van der Waals surface area contributed by atoms with Crippen LogP contribution in [0.2, 0.25) is 0 Å². The van der Waals surface area contributed by atoms with Crippen molar-refractivity contribution in [3.8, 4) is 0 Å². The molecule has 2 aliphatic rings. The summed E-state index contributed by atoms with van der Waals surface area (Å²) in [5.41, 5.74) is 1.89. The van der Waals surface area contributed by atoms with Crippen LogP contribution in [0, 0.1) is 5.92 Å². The third kappa shape index (κ3) is 5.06. The van der Waals surface area contributed by atoms with Crippen molar-refractivity contribution in [1.29, 1.82) is 0 Å². The summed E-state index contributed by atoms with van der Waals surface area (Å²) in [6.07, 6.45) is 6.68. The maximum atomic E-state index is 12.4. The van der Waals surface area contributed by atoms with E-state index in [1.54, 1.807) is 0 Å². The maximum absolute atomic E-state index is 12.4. The van der Waals surface area contributed by atoms with Gasteiger partial charge in [-0.25, -0.2) is 0 Å². The molecule has 1 amide bonds. The van der Waals surface area contributed by atoms with Crippen molar-refractivity contribution in [2.45, 2.75) is 64.6 Å². The number of amides is 1. The van der Waals surface area contributed by atoms with Crippen LogP contribution < -0.4 is 5.32 Å². The van der Waals surface area contributed by atoms with E-state index in [1.165, 1.54) is 12.8 Å². The minimum absolute atomic E-state index is 0.0364. The minimum Gasteiger partial charge on any atom is -0.459 e. The Labute approximate surface area is 149 Å². The van der Waals surface area contributed by atoms with Crippen LogP contribution in [0.1, 0.15) is 50.2 Å². The highest BCUT2D eigenvalue weighted by atomic mass is 16.7. The first-order chi connectivity index (χ1) is 12.1. The Kier molecular flexibility index (Phi) is 6.10. The van der Waals surface area contributed by atoms with Crippen molar-refractivity contribution in [1.82, 2.24) is 5.32 Å². The molecular formula is C20H27NO4. The Balaban J connectivity index is 1.52. The van der Waals surface area contributed by atoms with Crippen molar-refractivity contribution < 1.29 is 19.4 Å². The van der Waals surface area contributed by atoms with E-state index >= 15 is 0 Å². The molecule has 1 fully saturated rings. The molecule has 1 aliphatic carbocycles. The smallest absolute Gasteiger partial charge is 0.286 e. The second-order valence-corrected chi connectivity index (χ2v) is 7.03. The fourth-order valence-electron chi connectivity index (χ4n) is 3.35. The van der Waals surface area contributed by atoms with Crippen LogP contribution in [0.15, 0.2) is 36.1 Å². The Morgan fingerprint density at radius 2 is 1.92 bits per heavy atom. The third-order valence-electron chi connectivity index (χ3n) is 4.81. The van der Waals surface area contributed by atoms with Crippen LogP contribution >= 0.6 is 0 Å². The quantitative estimate of drug-likeness (QED) is 0.832. The molecule has 0 aromatic heterocycles. The van der Waals surface area contributed by atoms with Crippen molar-refractivity contribution in [2.75, 3.05) is 0 Å². The monoisotopic (exact) mass is 345 g/mol. The molecule has 0 unspecified atom stereocenters. The average molecular weight is 345 g/mol. The molecule has 0 bridgehead atoms. The van der Waals surface area contributed by atoms with Gasteiger partial charge in [-0.3, -0.25) is 4.79 Å². The lowest BCUT2D eigenvalue weighted by molar-refractivity contribution is -0.152. The van der Waals surface area contributed by atoms with E-state index in [4.69, 9.17) is 14.6 Å². The maximum Gasteiger partial charge on any atom is 0.286 e. The number of allylic oxidation sites excluding steroid dienone is 1. The van der Waals surface area contributed by atoms with Crippen molar-refractivity contribution in [3.05, 3.63) is 47.2 Å². The molecular weight excluding hydrogens is 318 g/mol. The van der Waals surface area contributed by atoms with E-state index in [0.717, 1.165) is 30.4 Å². The summed E-state index contributed by atoms with van der Waals surface area (Å²) in [5, 5.41) is 12.1. The highest BCUT2D eigenvalue weighted by Gasteiger charge is 2.27. The molecule has 1 aliphatic heterocycles. The molecule has 1 saturated carbocycles. The summed E-state index contributed by atoms with van der Waals surface area (Å²) in [7, 11) is 0. The van der Waals surface area contributed by atoms with Gasteiger partial charge in [0.05, 0.1) is 13.2 Å². The lowest BCUT2D eigenvalue weighted by atomic mass is 10.0. The summed E-state index contributed by atoms with van der Waals surface area (Å²) in [5.74, 6) is 0.491. The highest BCUT2D eigenvalue weighted by molar-refractivity contribution is 5.91. The van der Waals surface area contributed by atoms with Crippen LogP contribution in [0.25, 0.3) is 0 Å². The van der Waals surface area contributed by atoms with E-state index in [1.807, 2.05) is 30.3 Å². The number of carbonyl (C=O) groups excluding carboxylic acids is 1. The van der Waals surface area contributed by atoms with Crippen LogP contribution in [-0.2, 0) is 27.5 Å². The molecule has 2 N–H and O–H groups in total. The van der Waals surface area contributed by atoms with Gasteiger partial charge in [0, 0.05) is 12.5 Å². The van der Waals surface area contributed by atoms with Gasteiger partial charge in [-0.05, 0) is 36.0 Å². The van der Waals surface area contributed by atoms with E-state index in [-0.39, 0.29) is 24.5 Å². The van der Waals surface area contributed by atoms with Gasteiger partial charge >= 0.3 is 0 Å². The number of carbonyl (C=O) groups is 1. The molecule has 0 radical (unpaired) electrons. The zero-order valence-electron chi connectivity index (χ0n) is 14.7. The average Bonchev–Trinajstić information content (AvgIpc) is 3.13. The van der Waals surface area contributed by atoms with Gasteiger partial charge < -0.3 is 19.9 Å². The number of aliphatic hydroxyl groups excluding tert-OH is 1. The van der Waals surface area contributed by atoms with E-state index in [0.29, 0.717) is 12.4 Å². The van der Waals surface area contributed by atoms with Gasteiger partial charge in [-0.1, -0.05) is 44.0 Å². The molecule has 25 heavy (non-hydrogen) atoms. The summed E-state index contributed by atoms with van der Waals surface area (Å²) in [4.78, 5) is 12.4. The number of nitrogens with one attached hydrogen (secondary N) is 1. The van der Waals surface area contributed by atoms with E-state index in [2.05, 4.69) is 12.2 Å². The molecule has 1 aromatic carbocycles. The van der Waals surface area contributed by atoms with Crippen molar-refractivity contribution in [3.63, 3.8) is 0 Å². The molecule has 1 aromatic rings. The molecule has 1 heterocycles. The van der Waals surface area contributed by atoms with Gasteiger partial charge in [-0.2, -0.15) is 0 Å². The Bertz CT molecular complexity index is 605. The first-order valence-electron chi connectivity index (χ1n) is 9.13. The van der Waals surface area contributed by atoms with Crippen LogP contribution in [-0.4, -0.2) is 23.3 Å². The Hall–Kier alpha value is -1.85. The zero-order chi connectivity index (χ0) is 17.6. The van der Waals surface area contributed by atoms with Crippen LogP contribution in [0.3, 0.4) is 0 Å². The van der Waals surface area contributed by atoms with E-state index < -0.39 is 6.29 Å². The third-order valence-corrected chi connectivity index (χ3v) is 4.81. The lowest BCUT2D eigenvalue weighted by Gasteiger charge is -2.28. The van der Waals surface area contributed by atoms with Gasteiger partial charge in [0.1, 0.15) is 0 Å². The molecule has 3 rings (SSSR count). The van der Waals surface area contributed by atoms with E-state index in [9.17, 15) is 4.79 Å². The van der Waals surface area contributed by atoms with Gasteiger partial charge in [0.2, 0.25) is 6.29 Å². The minimum atomic E-state index is -0.415. The molecule has 2 atom stereocenters. The SMILES string of the molecule is C[C@H]1C=C(C(=O)NC2CCCC2)O[C@@H](OCc2ccc(CO)cc2)C1. The van der Waals surface area contributed by atoms with Crippen LogP contribution in [0.4, 0.5) is 0 Å². The summed E-state index contributed by atoms with van der Waals surface area (Å²) in [6, 6.07) is 7.90.